The van der Waals surface area contributed by atoms with E-state index in [1.54, 1.807) is 48.5 Å². The highest BCUT2D eigenvalue weighted by molar-refractivity contribution is 6.31. The maximum absolute atomic E-state index is 11.7. The molecule has 21 heavy (non-hydrogen) atoms. The van der Waals surface area contributed by atoms with Crippen LogP contribution < -0.4 is 10.6 Å². The third kappa shape index (κ3) is 4.93. The van der Waals surface area contributed by atoms with Crippen LogP contribution in [0.1, 0.15) is 11.7 Å². The number of carbonyl (C=O) groups excluding carboxylic acids is 1. The predicted molar refractivity (Wildman–Crippen MR) is 84.9 cm³/mol. The summed E-state index contributed by atoms with van der Waals surface area (Å²) in [4.78, 5) is 11.7. The van der Waals surface area contributed by atoms with Gasteiger partial charge in [0.05, 0.1) is 6.10 Å². The maximum Gasteiger partial charge on any atom is 0.319 e. The van der Waals surface area contributed by atoms with Gasteiger partial charge in [-0.3, -0.25) is 0 Å². The molecule has 2 amide bonds. The van der Waals surface area contributed by atoms with E-state index in [9.17, 15) is 9.90 Å². The number of carbonyl (C=O) groups is 1. The molecule has 2 rings (SSSR count). The van der Waals surface area contributed by atoms with Crippen LogP contribution in [0.2, 0.25) is 10.0 Å². The summed E-state index contributed by atoms with van der Waals surface area (Å²) in [5.74, 6) is 0. The number of aliphatic hydroxyl groups is 1. The van der Waals surface area contributed by atoms with E-state index in [-0.39, 0.29) is 6.54 Å². The fourth-order valence-electron chi connectivity index (χ4n) is 1.73. The lowest BCUT2D eigenvalue weighted by atomic mass is 10.1. The fourth-order valence-corrected chi connectivity index (χ4v) is 2.05. The topological polar surface area (TPSA) is 61.4 Å². The third-order valence-corrected chi connectivity index (χ3v) is 3.28. The van der Waals surface area contributed by atoms with E-state index in [4.69, 9.17) is 23.2 Å². The molecule has 2 aromatic rings. The van der Waals surface area contributed by atoms with Crippen molar-refractivity contribution in [2.24, 2.45) is 0 Å². The van der Waals surface area contributed by atoms with Crippen molar-refractivity contribution in [3.63, 3.8) is 0 Å². The molecular formula is C15H14Cl2N2O2. The average Bonchev–Trinajstić information content (AvgIpc) is 2.45. The lowest BCUT2D eigenvalue weighted by molar-refractivity contribution is 0.175. The quantitative estimate of drug-likeness (QED) is 0.800. The summed E-state index contributed by atoms with van der Waals surface area (Å²) in [6.07, 6.45) is -0.799. The zero-order chi connectivity index (χ0) is 15.2. The molecule has 0 aliphatic heterocycles. The van der Waals surface area contributed by atoms with Gasteiger partial charge in [0.15, 0.2) is 0 Å². The number of halogens is 2. The first kappa shape index (κ1) is 15.6. The van der Waals surface area contributed by atoms with Gasteiger partial charge < -0.3 is 15.7 Å². The molecule has 1 atom stereocenters. The Balaban J connectivity index is 1.84. The average molecular weight is 325 g/mol. The number of hydrogen-bond acceptors (Lipinski definition) is 2. The van der Waals surface area contributed by atoms with Gasteiger partial charge in [0, 0.05) is 22.3 Å². The summed E-state index contributed by atoms with van der Waals surface area (Å²) in [7, 11) is 0. The number of benzene rings is 2. The SMILES string of the molecule is O=C(NC[C@H](O)c1ccc(Cl)cc1)Nc1cccc(Cl)c1. The van der Waals surface area contributed by atoms with Gasteiger partial charge in [0.2, 0.25) is 0 Å². The van der Waals surface area contributed by atoms with Crippen LogP contribution in [-0.4, -0.2) is 17.7 Å². The molecule has 110 valence electrons. The van der Waals surface area contributed by atoms with E-state index in [2.05, 4.69) is 10.6 Å². The van der Waals surface area contributed by atoms with Gasteiger partial charge >= 0.3 is 6.03 Å². The monoisotopic (exact) mass is 324 g/mol. The largest absolute Gasteiger partial charge is 0.387 e. The second-order valence-corrected chi connectivity index (χ2v) is 5.29. The Bertz CT molecular complexity index is 617. The standard InChI is InChI=1S/C15H14Cl2N2O2/c16-11-6-4-10(5-7-11)14(20)9-18-15(21)19-13-3-1-2-12(17)8-13/h1-8,14,20H,9H2,(H2,18,19,21)/t14-/m0/s1. The highest BCUT2D eigenvalue weighted by Crippen LogP contribution is 2.16. The number of hydrogen-bond donors (Lipinski definition) is 3. The van der Waals surface area contributed by atoms with Crippen molar-refractivity contribution >= 4 is 34.9 Å². The van der Waals surface area contributed by atoms with E-state index >= 15 is 0 Å². The summed E-state index contributed by atoms with van der Waals surface area (Å²) in [5, 5.41) is 16.3. The first-order chi connectivity index (χ1) is 10.0. The van der Waals surface area contributed by atoms with E-state index in [0.717, 1.165) is 0 Å². The Morgan fingerprint density at radius 1 is 1.10 bits per heavy atom. The summed E-state index contributed by atoms with van der Waals surface area (Å²) >= 11 is 11.6. The van der Waals surface area contributed by atoms with Crippen molar-refractivity contribution in [2.75, 3.05) is 11.9 Å². The van der Waals surface area contributed by atoms with Gasteiger partial charge in [0.25, 0.3) is 0 Å². The smallest absolute Gasteiger partial charge is 0.319 e. The van der Waals surface area contributed by atoms with E-state index < -0.39 is 12.1 Å². The molecule has 0 unspecified atom stereocenters. The molecule has 0 aliphatic rings. The number of nitrogens with one attached hydrogen (secondary N) is 2. The van der Waals surface area contributed by atoms with Crippen LogP contribution in [-0.2, 0) is 0 Å². The molecule has 0 saturated carbocycles. The van der Waals surface area contributed by atoms with Gasteiger partial charge in [-0.25, -0.2) is 4.79 Å². The Labute approximate surface area is 132 Å². The van der Waals surface area contributed by atoms with Gasteiger partial charge in [-0.15, -0.1) is 0 Å². The summed E-state index contributed by atoms with van der Waals surface area (Å²) in [6.45, 7) is 0.0913. The molecule has 6 heteroatoms. The molecule has 0 aliphatic carbocycles. The molecule has 0 fully saturated rings. The van der Waals surface area contributed by atoms with E-state index in [1.165, 1.54) is 0 Å². The number of anilines is 1. The van der Waals surface area contributed by atoms with Crippen LogP contribution in [0.4, 0.5) is 10.5 Å². The molecule has 0 bridgehead atoms. The minimum atomic E-state index is -0.799. The molecule has 0 radical (unpaired) electrons. The Morgan fingerprint density at radius 2 is 1.81 bits per heavy atom. The first-order valence-corrected chi connectivity index (χ1v) is 7.04. The van der Waals surface area contributed by atoms with Gasteiger partial charge in [0.1, 0.15) is 0 Å². The highest BCUT2D eigenvalue weighted by atomic mass is 35.5. The number of aliphatic hydroxyl groups excluding tert-OH is 1. The minimum Gasteiger partial charge on any atom is -0.387 e. The van der Waals surface area contributed by atoms with Crippen LogP contribution in [0.3, 0.4) is 0 Å². The second kappa shape index (κ2) is 7.31. The van der Waals surface area contributed by atoms with Crippen LogP contribution >= 0.6 is 23.2 Å². The van der Waals surface area contributed by atoms with Crippen LogP contribution in [0, 0.1) is 0 Å². The van der Waals surface area contributed by atoms with Crippen molar-refractivity contribution in [2.45, 2.75) is 6.10 Å². The van der Waals surface area contributed by atoms with Crippen LogP contribution in [0.5, 0.6) is 0 Å². The summed E-state index contributed by atoms with van der Waals surface area (Å²) in [5.41, 5.74) is 1.27. The lowest BCUT2D eigenvalue weighted by Crippen LogP contribution is -2.32. The van der Waals surface area contributed by atoms with E-state index in [0.29, 0.717) is 21.3 Å². The highest BCUT2D eigenvalue weighted by Gasteiger charge is 2.09. The molecule has 0 saturated heterocycles. The molecule has 0 heterocycles. The molecule has 0 spiro atoms. The third-order valence-electron chi connectivity index (χ3n) is 2.79. The Morgan fingerprint density at radius 3 is 2.48 bits per heavy atom. The van der Waals surface area contributed by atoms with Crippen molar-refractivity contribution < 1.29 is 9.90 Å². The molecule has 3 N–H and O–H groups in total. The van der Waals surface area contributed by atoms with Crippen molar-refractivity contribution in [3.05, 3.63) is 64.1 Å². The summed E-state index contributed by atoms with van der Waals surface area (Å²) < 4.78 is 0. The molecule has 0 aromatic heterocycles. The molecule has 4 nitrogen and oxygen atoms in total. The van der Waals surface area contributed by atoms with Crippen molar-refractivity contribution in [1.29, 1.82) is 0 Å². The number of urea groups is 1. The number of rotatable bonds is 4. The van der Waals surface area contributed by atoms with Gasteiger partial charge in [-0.1, -0.05) is 41.4 Å². The van der Waals surface area contributed by atoms with Gasteiger partial charge in [-0.2, -0.15) is 0 Å². The second-order valence-electron chi connectivity index (χ2n) is 4.41. The zero-order valence-corrected chi connectivity index (χ0v) is 12.5. The van der Waals surface area contributed by atoms with Crippen LogP contribution in [0.15, 0.2) is 48.5 Å². The number of amides is 2. The zero-order valence-electron chi connectivity index (χ0n) is 11.0. The van der Waals surface area contributed by atoms with Crippen molar-refractivity contribution in [1.82, 2.24) is 5.32 Å². The molecule has 2 aromatic carbocycles. The van der Waals surface area contributed by atoms with Crippen molar-refractivity contribution in [3.8, 4) is 0 Å². The molecular weight excluding hydrogens is 311 g/mol. The van der Waals surface area contributed by atoms with Crippen LogP contribution in [0.25, 0.3) is 0 Å². The Kier molecular flexibility index (Phi) is 5.44. The lowest BCUT2D eigenvalue weighted by Gasteiger charge is -2.13. The minimum absolute atomic E-state index is 0.0913. The van der Waals surface area contributed by atoms with Gasteiger partial charge in [-0.05, 0) is 35.9 Å². The van der Waals surface area contributed by atoms with E-state index in [1.807, 2.05) is 0 Å². The predicted octanol–water partition coefficient (Wildman–Crippen LogP) is 3.85. The summed E-state index contributed by atoms with van der Waals surface area (Å²) in [6, 6.07) is 13.2. The maximum atomic E-state index is 11.7. The first-order valence-electron chi connectivity index (χ1n) is 6.28. The normalized spacial score (nSPS) is 11.8. The fraction of sp³-hybridized carbons (Fsp3) is 0.133. The Hall–Kier alpha value is -1.75.